The summed E-state index contributed by atoms with van der Waals surface area (Å²) >= 11 is 0. The molecule has 1 aromatic heterocycles. The van der Waals surface area contributed by atoms with E-state index in [2.05, 4.69) is 4.98 Å². The summed E-state index contributed by atoms with van der Waals surface area (Å²) in [6.45, 7) is -0.643. The third-order valence-electron chi connectivity index (χ3n) is 1.58. The van der Waals surface area contributed by atoms with Gasteiger partial charge in [-0.25, -0.2) is 4.98 Å². The lowest BCUT2D eigenvalue weighted by Gasteiger charge is -2.13. The second kappa shape index (κ2) is 5.17. The molecule has 0 aliphatic rings. The van der Waals surface area contributed by atoms with Crippen LogP contribution in [0.25, 0.3) is 0 Å². The second-order valence-corrected chi connectivity index (χ2v) is 2.57. The van der Waals surface area contributed by atoms with Gasteiger partial charge in [0.1, 0.15) is 17.7 Å². The Hall–Kier alpha value is -1.64. The minimum atomic E-state index is -0.739. The van der Waals surface area contributed by atoms with E-state index < -0.39 is 6.10 Å². The number of hydrogen-bond donors (Lipinski definition) is 2. The Morgan fingerprint density at radius 1 is 1.50 bits per heavy atom. The third-order valence-corrected chi connectivity index (χ3v) is 1.58. The predicted molar refractivity (Wildman–Crippen MR) is 47.5 cm³/mol. The molecule has 0 aliphatic carbocycles. The van der Waals surface area contributed by atoms with Crippen molar-refractivity contribution in [1.82, 2.24) is 4.98 Å². The highest BCUT2D eigenvalue weighted by atomic mass is 16.5. The van der Waals surface area contributed by atoms with Crippen LogP contribution in [0.1, 0.15) is 5.56 Å². The van der Waals surface area contributed by atoms with E-state index in [1.54, 1.807) is 12.1 Å². The van der Waals surface area contributed by atoms with E-state index in [1.165, 1.54) is 6.20 Å². The SMILES string of the molecule is N#Cc1cccnc1OC(CO)CO. The summed E-state index contributed by atoms with van der Waals surface area (Å²) in [5.41, 5.74) is 0.277. The molecule has 74 valence electrons. The van der Waals surface area contributed by atoms with E-state index in [-0.39, 0.29) is 24.7 Å². The summed E-state index contributed by atoms with van der Waals surface area (Å²) in [6, 6.07) is 5.06. The van der Waals surface area contributed by atoms with E-state index in [4.69, 9.17) is 20.2 Å². The quantitative estimate of drug-likeness (QED) is 0.686. The molecule has 1 aromatic rings. The van der Waals surface area contributed by atoms with Gasteiger partial charge >= 0.3 is 0 Å². The molecule has 0 unspecified atom stereocenters. The van der Waals surface area contributed by atoms with Gasteiger partial charge in [-0.05, 0) is 12.1 Å². The maximum absolute atomic E-state index is 8.76. The van der Waals surface area contributed by atoms with Gasteiger partial charge in [0, 0.05) is 6.20 Å². The smallest absolute Gasteiger partial charge is 0.232 e. The van der Waals surface area contributed by atoms with Crippen LogP contribution in [-0.2, 0) is 0 Å². The van der Waals surface area contributed by atoms with Crippen LogP contribution in [0.15, 0.2) is 18.3 Å². The Labute approximate surface area is 81.2 Å². The maximum atomic E-state index is 8.76. The van der Waals surface area contributed by atoms with Gasteiger partial charge in [0.15, 0.2) is 0 Å². The van der Waals surface area contributed by atoms with Crippen molar-refractivity contribution in [1.29, 1.82) is 5.26 Å². The van der Waals surface area contributed by atoms with Crippen molar-refractivity contribution >= 4 is 0 Å². The molecule has 0 fully saturated rings. The van der Waals surface area contributed by atoms with Crippen LogP contribution in [0.3, 0.4) is 0 Å². The molecule has 0 saturated carbocycles. The monoisotopic (exact) mass is 194 g/mol. The molecule has 0 spiro atoms. The number of hydrogen-bond acceptors (Lipinski definition) is 5. The van der Waals surface area contributed by atoms with Crippen molar-refractivity contribution in [3.63, 3.8) is 0 Å². The molecule has 1 heterocycles. The molecule has 2 N–H and O–H groups in total. The average Bonchev–Trinajstić information content (AvgIpc) is 2.26. The van der Waals surface area contributed by atoms with Gasteiger partial charge in [-0.2, -0.15) is 5.26 Å². The summed E-state index contributed by atoms with van der Waals surface area (Å²) in [5, 5.41) is 26.2. The van der Waals surface area contributed by atoms with Gasteiger partial charge in [0.2, 0.25) is 5.88 Å². The molecular weight excluding hydrogens is 184 g/mol. The summed E-state index contributed by atoms with van der Waals surface area (Å²) in [4.78, 5) is 3.82. The topological polar surface area (TPSA) is 86.4 Å². The van der Waals surface area contributed by atoms with Gasteiger partial charge in [-0.15, -0.1) is 0 Å². The predicted octanol–water partition coefficient (Wildman–Crippen LogP) is -0.315. The molecule has 0 aliphatic heterocycles. The Balaban J connectivity index is 2.80. The molecular formula is C9H10N2O3. The van der Waals surface area contributed by atoms with Crippen molar-refractivity contribution in [2.24, 2.45) is 0 Å². The largest absolute Gasteiger partial charge is 0.469 e. The number of nitrogens with zero attached hydrogens (tertiary/aromatic N) is 2. The minimum Gasteiger partial charge on any atom is -0.469 e. The minimum absolute atomic E-state index is 0.128. The molecule has 0 radical (unpaired) electrons. The van der Waals surface area contributed by atoms with E-state index in [0.29, 0.717) is 0 Å². The Morgan fingerprint density at radius 3 is 2.79 bits per heavy atom. The van der Waals surface area contributed by atoms with Crippen LogP contribution in [0.2, 0.25) is 0 Å². The first-order chi connectivity index (χ1) is 6.81. The van der Waals surface area contributed by atoms with Crippen LogP contribution in [0.4, 0.5) is 0 Å². The normalized spacial score (nSPS) is 9.86. The second-order valence-electron chi connectivity index (χ2n) is 2.57. The molecule has 0 amide bonds. The highest BCUT2D eigenvalue weighted by Gasteiger charge is 2.11. The zero-order valence-electron chi connectivity index (χ0n) is 7.42. The van der Waals surface area contributed by atoms with E-state index >= 15 is 0 Å². The number of ether oxygens (including phenoxy) is 1. The van der Waals surface area contributed by atoms with Crippen LogP contribution < -0.4 is 4.74 Å². The van der Waals surface area contributed by atoms with E-state index in [1.807, 2.05) is 6.07 Å². The summed E-state index contributed by atoms with van der Waals surface area (Å²) < 4.78 is 5.10. The van der Waals surface area contributed by atoms with Crippen molar-refractivity contribution in [2.75, 3.05) is 13.2 Å². The average molecular weight is 194 g/mol. The first-order valence-electron chi connectivity index (χ1n) is 4.05. The molecule has 1 rings (SSSR count). The zero-order chi connectivity index (χ0) is 10.4. The van der Waals surface area contributed by atoms with E-state index in [9.17, 15) is 0 Å². The number of rotatable bonds is 4. The van der Waals surface area contributed by atoms with Gasteiger partial charge in [-0.3, -0.25) is 0 Å². The van der Waals surface area contributed by atoms with Gasteiger partial charge < -0.3 is 14.9 Å². The molecule has 14 heavy (non-hydrogen) atoms. The van der Waals surface area contributed by atoms with Crippen LogP contribution in [-0.4, -0.2) is 34.5 Å². The zero-order valence-corrected chi connectivity index (χ0v) is 7.42. The fourth-order valence-corrected chi connectivity index (χ4v) is 0.860. The number of aromatic nitrogens is 1. The summed E-state index contributed by atoms with van der Waals surface area (Å²) in [6.07, 6.45) is 0.735. The number of pyridine rings is 1. The molecule has 5 nitrogen and oxygen atoms in total. The number of nitriles is 1. The highest BCUT2D eigenvalue weighted by molar-refractivity contribution is 5.37. The van der Waals surface area contributed by atoms with E-state index in [0.717, 1.165) is 0 Å². The first-order valence-corrected chi connectivity index (χ1v) is 4.05. The van der Waals surface area contributed by atoms with Crippen molar-refractivity contribution in [3.05, 3.63) is 23.9 Å². The Kier molecular flexibility index (Phi) is 3.85. The highest BCUT2D eigenvalue weighted by Crippen LogP contribution is 2.13. The standard InChI is InChI=1S/C9H10N2O3/c10-4-7-2-1-3-11-9(7)14-8(5-12)6-13/h1-3,8,12-13H,5-6H2. The summed E-state index contributed by atoms with van der Waals surface area (Å²) in [7, 11) is 0. The molecule has 0 atom stereocenters. The summed E-state index contributed by atoms with van der Waals surface area (Å²) in [5.74, 6) is 0.128. The fraction of sp³-hybridized carbons (Fsp3) is 0.333. The van der Waals surface area contributed by atoms with Gasteiger partial charge in [0.05, 0.1) is 13.2 Å². The van der Waals surface area contributed by atoms with Crippen LogP contribution >= 0.6 is 0 Å². The van der Waals surface area contributed by atoms with Gasteiger partial charge in [-0.1, -0.05) is 0 Å². The van der Waals surface area contributed by atoms with Gasteiger partial charge in [0.25, 0.3) is 0 Å². The number of aliphatic hydroxyl groups excluding tert-OH is 2. The Bertz CT molecular complexity index is 331. The lowest BCUT2D eigenvalue weighted by Crippen LogP contribution is -2.25. The van der Waals surface area contributed by atoms with Crippen molar-refractivity contribution in [2.45, 2.75) is 6.10 Å². The lowest BCUT2D eigenvalue weighted by molar-refractivity contribution is 0.0594. The van der Waals surface area contributed by atoms with Crippen molar-refractivity contribution < 1.29 is 14.9 Å². The Morgan fingerprint density at radius 2 is 2.21 bits per heavy atom. The molecule has 5 heteroatoms. The first kappa shape index (κ1) is 10.4. The lowest BCUT2D eigenvalue weighted by atomic mass is 10.3. The molecule has 0 saturated heterocycles. The van der Waals surface area contributed by atoms with Crippen LogP contribution in [0.5, 0.6) is 5.88 Å². The molecule has 0 aromatic carbocycles. The maximum Gasteiger partial charge on any atom is 0.232 e. The fourth-order valence-electron chi connectivity index (χ4n) is 0.860. The van der Waals surface area contributed by atoms with Crippen molar-refractivity contribution in [3.8, 4) is 11.9 Å². The van der Waals surface area contributed by atoms with Crippen LogP contribution in [0, 0.1) is 11.3 Å². The molecule has 0 bridgehead atoms. The third kappa shape index (κ3) is 2.42. The number of aliphatic hydroxyl groups is 2.